The van der Waals surface area contributed by atoms with E-state index in [0.29, 0.717) is 0 Å². The van der Waals surface area contributed by atoms with Gasteiger partial charge in [0.1, 0.15) is 0 Å². The Labute approximate surface area is 124 Å². The van der Waals surface area contributed by atoms with Crippen LogP contribution in [0.2, 0.25) is 0 Å². The summed E-state index contributed by atoms with van der Waals surface area (Å²) in [6, 6.07) is 12.1. The van der Waals surface area contributed by atoms with E-state index >= 15 is 0 Å². The highest BCUT2D eigenvalue weighted by molar-refractivity contribution is 9.10. The molecular weight excluding hydrogens is 328 g/mol. The Kier molecular flexibility index (Phi) is 5.08. The molecule has 0 fully saturated rings. The van der Waals surface area contributed by atoms with E-state index in [0.717, 1.165) is 20.9 Å². The van der Waals surface area contributed by atoms with Gasteiger partial charge in [-0.1, -0.05) is 28.1 Å². The Morgan fingerprint density at radius 3 is 2.61 bits per heavy atom. The first-order valence-electron chi connectivity index (χ1n) is 5.19. The van der Waals surface area contributed by atoms with Gasteiger partial charge >= 0.3 is 0 Å². The molecule has 5 heteroatoms. The maximum Gasteiger partial charge on any atom is 0.0964 e. The van der Waals surface area contributed by atoms with Crippen LogP contribution < -0.4 is 0 Å². The number of aliphatic imine (C=N–C) groups is 1. The van der Waals surface area contributed by atoms with Gasteiger partial charge in [-0.25, -0.2) is 4.98 Å². The van der Waals surface area contributed by atoms with Crippen LogP contribution in [0.25, 0.3) is 0 Å². The standard InChI is InChI=1S/C13H9BrN2S2/c14-11-3-1-10(2-4-11)8-18-13-6-5-12(7-15-13)16-9-17/h1-7H,8H2. The Balaban J connectivity index is 1.97. The number of rotatable bonds is 4. The number of pyridine rings is 1. The molecule has 2 aromatic rings. The zero-order chi connectivity index (χ0) is 12.8. The average Bonchev–Trinajstić information content (AvgIpc) is 2.40. The van der Waals surface area contributed by atoms with Gasteiger partial charge in [0.2, 0.25) is 0 Å². The third-order valence-electron chi connectivity index (χ3n) is 2.20. The lowest BCUT2D eigenvalue weighted by Crippen LogP contribution is -1.82. The molecule has 0 radical (unpaired) electrons. The van der Waals surface area contributed by atoms with Crippen LogP contribution in [0.5, 0.6) is 0 Å². The Bertz CT molecular complexity index is 561. The van der Waals surface area contributed by atoms with Crippen LogP contribution in [-0.4, -0.2) is 10.1 Å². The number of hydrogen-bond donors (Lipinski definition) is 0. The van der Waals surface area contributed by atoms with E-state index in [4.69, 9.17) is 0 Å². The summed E-state index contributed by atoms with van der Waals surface area (Å²) in [5.74, 6) is 0.899. The third-order valence-corrected chi connectivity index (χ3v) is 3.83. The molecule has 0 bridgehead atoms. The molecule has 1 aromatic heterocycles. The van der Waals surface area contributed by atoms with Gasteiger partial charge in [-0.2, -0.15) is 4.99 Å². The van der Waals surface area contributed by atoms with Crippen molar-refractivity contribution >= 4 is 50.8 Å². The summed E-state index contributed by atoms with van der Waals surface area (Å²) >= 11 is 9.65. The number of hydrogen-bond acceptors (Lipinski definition) is 4. The molecule has 0 spiro atoms. The SMILES string of the molecule is S=C=Nc1ccc(SCc2ccc(Br)cc2)nc1. The fourth-order valence-corrected chi connectivity index (χ4v) is 2.48. The van der Waals surface area contributed by atoms with Crippen LogP contribution in [0.3, 0.4) is 0 Å². The van der Waals surface area contributed by atoms with Crippen LogP contribution in [-0.2, 0) is 5.75 Å². The van der Waals surface area contributed by atoms with E-state index in [1.165, 1.54) is 5.56 Å². The smallest absolute Gasteiger partial charge is 0.0964 e. The van der Waals surface area contributed by atoms with Crippen molar-refractivity contribution in [3.05, 3.63) is 52.6 Å². The molecular formula is C13H9BrN2S2. The van der Waals surface area contributed by atoms with Gasteiger partial charge in [0, 0.05) is 10.2 Å². The zero-order valence-electron chi connectivity index (χ0n) is 9.34. The Hall–Kier alpha value is -1.00. The first kappa shape index (κ1) is 13.4. The number of aromatic nitrogens is 1. The molecule has 0 aliphatic rings. The summed E-state index contributed by atoms with van der Waals surface area (Å²) in [6.07, 6.45) is 1.70. The van der Waals surface area contributed by atoms with Crippen LogP contribution in [0.15, 0.2) is 57.1 Å². The number of benzene rings is 1. The molecule has 2 nitrogen and oxygen atoms in total. The lowest BCUT2D eigenvalue weighted by molar-refractivity contribution is 1.13. The van der Waals surface area contributed by atoms with Crippen molar-refractivity contribution in [2.24, 2.45) is 4.99 Å². The van der Waals surface area contributed by atoms with Crippen LogP contribution in [0.4, 0.5) is 5.69 Å². The molecule has 0 atom stereocenters. The Morgan fingerprint density at radius 1 is 1.22 bits per heavy atom. The third kappa shape index (κ3) is 4.03. The molecule has 0 aliphatic heterocycles. The second kappa shape index (κ2) is 6.81. The minimum atomic E-state index is 0.734. The van der Waals surface area contributed by atoms with E-state index < -0.39 is 0 Å². The second-order valence-corrected chi connectivity index (χ2v) is 5.57. The summed E-state index contributed by atoms with van der Waals surface area (Å²) in [5.41, 5.74) is 2.00. The van der Waals surface area contributed by atoms with Crippen molar-refractivity contribution in [3.63, 3.8) is 0 Å². The molecule has 2 rings (SSSR count). The number of halogens is 1. The van der Waals surface area contributed by atoms with Gasteiger partial charge in [0.25, 0.3) is 0 Å². The molecule has 18 heavy (non-hydrogen) atoms. The number of thioether (sulfide) groups is 1. The van der Waals surface area contributed by atoms with Crippen molar-refractivity contribution in [1.82, 2.24) is 4.98 Å². The first-order chi connectivity index (χ1) is 8.78. The minimum absolute atomic E-state index is 0.734. The predicted molar refractivity (Wildman–Crippen MR) is 82.6 cm³/mol. The zero-order valence-corrected chi connectivity index (χ0v) is 12.6. The summed E-state index contributed by atoms with van der Waals surface area (Å²) in [6.45, 7) is 0. The highest BCUT2D eigenvalue weighted by Gasteiger charge is 1.98. The highest BCUT2D eigenvalue weighted by Crippen LogP contribution is 2.23. The summed E-state index contributed by atoms with van der Waals surface area (Å²) in [4.78, 5) is 8.17. The van der Waals surface area contributed by atoms with E-state index in [2.05, 4.69) is 55.4 Å². The Morgan fingerprint density at radius 2 is 2.00 bits per heavy atom. The van der Waals surface area contributed by atoms with Gasteiger partial charge in [-0.15, -0.1) is 11.8 Å². The summed E-state index contributed by atoms with van der Waals surface area (Å²) in [5, 5.41) is 3.30. The highest BCUT2D eigenvalue weighted by atomic mass is 79.9. The van der Waals surface area contributed by atoms with Crippen molar-refractivity contribution in [1.29, 1.82) is 0 Å². The minimum Gasteiger partial charge on any atom is -0.248 e. The lowest BCUT2D eigenvalue weighted by atomic mass is 10.2. The average molecular weight is 337 g/mol. The van der Waals surface area contributed by atoms with Gasteiger partial charge < -0.3 is 0 Å². The van der Waals surface area contributed by atoms with Gasteiger partial charge in [0.05, 0.1) is 22.1 Å². The van der Waals surface area contributed by atoms with Crippen molar-refractivity contribution in [2.45, 2.75) is 10.8 Å². The lowest BCUT2D eigenvalue weighted by Gasteiger charge is -2.01. The van der Waals surface area contributed by atoms with Crippen molar-refractivity contribution < 1.29 is 0 Å². The fraction of sp³-hybridized carbons (Fsp3) is 0.0769. The number of isothiocyanates is 1. The van der Waals surface area contributed by atoms with Crippen molar-refractivity contribution in [3.8, 4) is 0 Å². The van der Waals surface area contributed by atoms with E-state index in [9.17, 15) is 0 Å². The topological polar surface area (TPSA) is 25.2 Å². The van der Waals surface area contributed by atoms with E-state index in [-0.39, 0.29) is 0 Å². The van der Waals surface area contributed by atoms with Crippen LogP contribution in [0.1, 0.15) is 5.56 Å². The number of nitrogens with zero attached hydrogens (tertiary/aromatic N) is 2. The molecule has 0 aliphatic carbocycles. The molecule has 0 saturated heterocycles. The molecule has 1 heterocycles. The molecule has 90 valence electrons. The summed E-state index contributed by atoms with van der Waals surface area (Å²) < 4.78 is 1.09. The van der Waals surface area contributed by atoms with Gasteiger partial charge in [-0.3, -0.25) is 0 Å². The first-order valence-corrected chi connectivity index (χ1v) is 7.38. The quantitative estimate of drug-likeness (QED) is 0.452. The van der Waals surface area contributed by atoms with Crippen LogP contribution in [0, 0.1) is 0 Å². The van der Waals surface area contributed by atoms with Crippen LogP contribution >= 0.6 is 39.9 Å². The number of thiocarbonyl (C=S) groups is 1. The molecule has 0 amide bonds. The predicted octanol–water partition coefficient (Wildman–Crippen LogP) is 4.87. The summed E-state index contributed by atoms with van der Waals surface area (Å²) in [7, 11) is 0. The monoisotopic (exact) mass is 336 g/mol. The molecule has 1 aromatic carbocycles. The maximum atomic E-state index is 4.54. The van der Waals surface area contributed by atoms with E-state index in [1.807, 2.05) is 24.3 Å². The van der Waals surface area contributed by atoms with Gasteiger partial charge in [-0.05, 0) is 42.0 Å². The molecule has 0 saturated carbocycles. The maximum absolute atomic E-state index is 4.54. The largest absolute Gasteiger partial charge is 0.248 e. The second-order valence-electron chi connectivity index (χ2n) is 3.47. The van der Waals surface area contributed by atoms with E-state index in [1.54, 1.807) is 18.0 Å². The molecule has 0 unspecified atom stereocenters. The molecule has 0 N–H and O–H groups in total. The normalized spacial score (nSPS) is 9.83. The fourth-order valence-electron chi connectivity index (χ4n) is 1.31. The van der Waals surface area contributed by atoms with Crippen molar-refractivity contribution in [2.75, 3.05) is 0 Å². The van der Waals surface area contributed by atoms with Gasteiger partial charge in [0.15, 0.2) is 0 Å².